The van der Waals surface area contributed by atoms with Gasteiger partial charge in [0, 0.05) is 61.4 Å². The Morgan fingerprint density at radius 1 is 1.21 bits per heavy atom. The van der Waals surface area contributed by atoms with E-state index in [0.717, 1.165) is 47.6 Å². The van der Waals surface area contributed by atoms with E-state index in [1.807, 2.05) is 53.3 Å². The predicted molar refractivity (Wildman–Crippen MR) is 178 cm³/mol. The van der Waals surface area contributed by atoms with Gasteiger partial charge in [0.05, 0.1) is 41.2 Å². The molecule has 228 valence electrons. The van der Waals surface area contributed by atoms with Crippen LogP contribution >= 0.6 is 22.9 Å². The van der Waals surface area contributed by atoms with Crippen LogP contribution in [0.4, 0.5) is 5.82 Å². The van der Waals surface area contributed by atoms with Gasteiger partial charge in [-0.15, -0.1) is 0 Å². The Hall–Kier alpha value is -3.43. The number of benzene rings is 1. The van der Waals surface area contributed by atoms with Crippen molar-refractivity contribution in [2.75, 3.05) is 45.1 Å². The lowest BCUT2D eigenvalue weighted by atomic mass is 10.1. The van der Waals surface area contributed by atoms with Crippen molar-refractivity contribution in [2.24, 2.45) is 0 Å². The molecule has 0 radical (unpaired) electrons. The van der Waals surface area contributed by atoms with Crippen molar-refractivity contribution in [3.05, 3.63) is 79.3 Å². The van der Waals surface area contributed by atoms with Gasteiger partial charge in [0.2, 0.25) is 5.91 Å². The average molecular weight is 699 g/mol. The molecule has 1 amide bonds. The molecule has 1 unspecified atom stereocenters. The lowest BCUT2D eigenvalue weighted by Crippen LogP contribution is -2.36. The van der Waals surface area contributed by atoms with Crippen molar-refractivity contribution >= 4 is 45.6 Å². The van der Waals surface area contributed by atoms with Crippen LogP contribution in [0.15, 0.2) is 73.7 Å². The molecular weight excluding hydrogens is 659 g/mol. The molecule has 1 saturated heterocycles. The number of nitrogens with two attached hydrogens (primary N) is 1. The molecule has 2 fully saturated rings. The monoisotopic (exact) mass is 698 g/mol. The van der Waals surface area contributed by atoms with Crippen LogP contribution in [0, 0.1) is 0 Å². The van der Waals surface area contributed by atoms with E-state index in [9.17, 15) is 4.79 Å². The number of carbonyl (C=O) groups is 1. The number of nitrogens with zero attached hydrogens (tertiary/aromatic N) is 5. The number of nitrogens with one attached hydrogen (secondary N) is 2. The minimum absolute atomic E-state index is 0.0131. The highest BCUT2D eigenvalue weighted by atomic mass is 127. The van der Waals surface area contributed by atoms with Crippen LogP contribution in [-0.4, -0.2) is 86.0 Å². The number of pyridine rings is 2. The molecule has 2 aliphatic rings. The first-order valence-corrected chi connectivity index (χ1v) is 15.4. The van der Waals surface area contributed by atoms with Gasteiger partial charge in [-0.3, -0.25) is 17.9 Å². The fourth-order valence-corrected chi connectivity index (χ4v) is 4.94. The molecule has 6 N–H and O–H groups in total. The number of anilines is 1. The van der Waals surface area contributed by atoms with E-state index >= 15 is 0 Å². The van der Waals surface area contributed by atoms with Gasteiger partial charge in [0.15, 0.2) is 0 Å². The van der Waals surface area contributed by atoms with E-state index < -0.39 is 0 Å². The smallest absolute Gasteiger partial charge is 0.246 e. The number of aliphatic hydroxyl groups is 2. The highest BCUT2D eigenvalue weighted by Crippen LogP contribution is 2.41. The second kappa shape index (κ2) is 16.4. The molecule has 4 aromatic rings. The quantitative estimate of drug-likeness (QED) is 0.101. The number of rotatable bonds is 9. The van der Waals surface area contributed by atoms with E-state index in [2.05, 4.69) is 48.2 Å². The number of nitrogen functional groups attached to an aromatic ring is 1. The number of fused-ring (bicyclic) bond motifs is 1. The second-order valence-corrected chi connectivity index (χ2v) is 11.0. The van der Waals surface area contributed by atoms with Gasteiger partial charge in [-0.25, -0.2) is 9.97 Å². The zero-order valence-electron chi connectivity index (χ0n) is 24.1. The third-order valence-corrected chi connectivity index (χ3v) is 7.62. The summed E-state index contributed by atoms with van der Waals surface area (Å²) in [5, 5.41) is 20.3. The SMILES string of the molecule is C=CC(=O)N(CCO)CCNI.Nc1ncccc1-c1nc2ccc(C3CC3)cc2n1-c1cccnc1.OC1CCNC1. The summed E-state index contributed by atoms with van der Waals surface area (Å²) in [4.78, 5) is 26.0. The van der Waals surface area contributed by atoms with Gasteiger partial charge in [-0.05, 0) is 79.8 Å². The van der Waals surface area contributed by atoms with Crippen LogP contribution in [-0.2, 0) is 4.79 Å². The van der Waals surface area contributed by atoms with Crippen molar-refractivity contribution in [1.29, 1.82) is 0 Å². The fraction of sp³-hybridized carbons (Fsp3) is 0.355. The van der Waals surface area contributed by atoms with Gasteiger partial charge in [0.1, 0.15) is 11.6 Å². The Bertz CT molecular complexity index is 1470. The maximum Gasteiger partial charge on any atom is 0.246 e. The first-order chi connectivity index (χ1) is 21.0. The van der Waals surface area contributed by atoms with Gasteiger partial charge >= 0.3 is 0 Å². The molecule has 0 bridgehead atoms. The Balaban J connectivity index is 0.000000196. The van der Waals surface area contributed by atoms with Crippen molar-refractivity contribution in [3.8, 4) is 17.1 Å². The fourth-order valence-electron chi connectivity index (χ4n) is 4.70. The molecule has 3 aromatic heterocycles. The molecule has 1 saturated carbocycles. The van der Waals surface area contributed by atoms with E-state index in [1.165, 1.54) is 24.5 Å². The van der Waals surface area contributed by atoms with E-state index in [4.69, 9.17) is 20.9 Å². The minimum Gasteiger partial charge on any atom is -0.395 e. The summed E-state index contributed by atoms with van der Waals surface area (Å²) < 4.78 is 5.02. The number of amides is 1. The van der Waals surface area contributed by atoms with Crippen molar-refractivity contribution in [3.63, 3.8) is 0 Å². The first-order valence-electron chi connectivity index (χ1n) is 14.3. The summed E-state index contributed by atoms with van der Waals surface area (Å²) >= 11 is 2.01. The highest BCUT2D eigenvalue weighted by molar-refractivity contribution is 14.1. The average Bonchev–Trinajstić information content (AvgIpc) is 3.66. The topological polar surface area (TPSA) is 154 Å². The molecule has 1 atom stereocenters. The van der Waals surface area contributed by atoms with Gasteiger partial charge in [-0.1, -0.05) is 12.6 Å². The van der Waals surface area contributed by atoms with Crippen molar-refractivity contribution in [1.82, 2.24) is 33.3 Å². The third kappa shape index (κ3) is 9.03. The molecule has 0 spiro atoms. The number of carbonyl (C=O) groups excluding carboxylic acids is 1. The number of aromatic nitrogens is 4. The maximum atomic E-state index is 11.1. The molecule has 6 rings (SSSR count). The predicted octanol–water partition coefficient (Wildman–Crippen LogP) is 3.22. The summed E-state index contributed by atoms with van der Waals surface area (Å²) in [6.45, 7) is 6.81. The minimum atomic E-state index is -0.143. The first kappa shape index (κ1) is 32.5. The van der Waals surface area contributed by atoms with Crippen LogP contribution in [0.5, 0.6) is 0 Å². The summed E-state index contributed by atoms with van der Waals surface area (Å²) in [5.74, 6) is 1.82. The number of β-amino-alcohol motifs (C(OH)–C–C–N with tert-alkyl or cyclic N) is 1. The van der Waals surface area contributed by atoms with E-state index in [0.29, 0.717) is 31.4 Å². The van der Waals surface area contributed by atoms with Gasteiger partial charge in [0.25, 0.3) is 0 Å². The third-order valence-electron chi connectivity index (χ3n) is 7.08. The Labute approximate surface area is 265 Å². The van der Waals surface area contributed by atoms with Gasteiger partial charge < -0.3 is 26.2 Å². The lowest BCUT2D eigenvalue weighted by Gasteiger charge is -2.19. The number of hydrogen-bond donors (Lipinski definition) is 5. The summed E-state index contributed by atoms with van der Waals surface area (Å²) in [5.41, 5.74) is 11.3. The van der Waals surface area contributed by atoms with Crippen LogP contribution in [0.1, 0.15) is 30.7 Å². The highest BCUT2D eigenvalue weighted by Gasteiger charge is 2.25. The van der Waals surface area contributed by atoms with E-state index in [1.54, 1.807) is 17.3 Å². The molecular formula is C31H39IN8O3. The Kier molecular flexibility index (Phi) is 12.4. The summed E-state index contributed by atoms with van der Waals surface area (Å²) in [7, 11) is 0. The Morgan fingerprint density at radius 3 is 2.60 bits per heavy atom. The standard InChI is InChI=1S/C20H17N5.C7H13IN2O2.C4H9NO/c21-19-16(4-2-10-23-19)20-24-17-8-7-14(13-5-6-13)11-18(17)25(20)15-3-1-9-22-12-15;1-2-7(12)10(5-6-11)4-3-9-8;6-4-1-2-5-3-4/h1-4,7-13H,5-6H2,(H2,21,23);2,9,11H,1,3-6H2;4-6H,1-3H2. The second-order valence-electron chi connectivity index (χ2n) is 10.2. The van der Waals surface area contributed by atoms with Crippen LogP contribution in [0.3, 0.4) is 0 Å². The molecule has 1 aliphatic heterocycles. The van der Waals surface area contributed by atoms with Crippen molar-refractivity contribution < 1.29 is 15.0 Å². The molecule has 11 nitrogen and oxygen atoms in total. The van der Waals surface area contributed by atoms with Crippen molar-refractivity contribution in [2.45, 2.75) is 31.3 Å². The number of imidazole rings is 1. The summed E-state index contributed by atoms with van der Waals surface area (Å²) in [6, 6.07) is 14.4. The number of halogens is 1. The van der Waals surface area contributed by atoms with Crippen LogP contribution in [0.25, 0.3) is 28.1 Å². The largest absolute Gasteiger partial charge is 0.395 e. The molecule has 1 aromatic carbocycles. The number of aliphatic hydroxyl groups excluding tert-OH is 2. The molecule has 12 heteroatoms. The Morgan fingerprint density at radius 2 is 2.02 bits per heavy atom. The van der Waals surface area contributed by atoms with Crippen LogP contribution in [0.2, 0.25) is 0 Å². The van der Waals surface area contributed by atoms with Crippen LogP contribution < -0.4 is 14.6 Å². The number of hydrogen-bond acceptors (Lipinski definition) is 9. The zero-order valence-corrected chi connectivity index (χ0v) is 26.2. The zero-order chi connectivity index (χ0) is 30.6. The lowest BCUT2D eigenvalue weighted by molar-refractivity contribution is -0.126. The molecule has 4 heterocycles. The maximum absolute atomic E-state index is 11.1. The van der Waals surface area contributed by atoms with Gasteiger partial charge in [-0.2, -0.15) is 0 Å². The normalized spacial score (nSPS) is 15.7. The summed E-state index contributed by atoms with van der Waals surface area (Å²) in [6.07, 6.45) is 9.98. The molecule has 1 aliphatic carbocycles. The van der Waals surface area contributed by atoms with E-state index in [-0.39, 0.29) is 18.6 Å². The molecule has 43 heavy (non-hydrogen) atoms.